The van der Waals surface area contributed by atoms with Gasteiger partial charge in [0, 0.05) is 43.3 Å². The molecule has 6 rings (SSSR count). The van der Waals surface area contributed by atoms with Crippen LogP contribution < -0.4 is 5.32 Å². The highest BCUT2D eigenvalue weighted by Crippen LogP contribution is 2.50. The summed E-state index contributed by atoms with van der Waals surface area (Å²) in [6.07, 6.45) is -0.295. The molecular weight excluding hydrogens is 544 g/mol. The summed E-state index contributed by atoms with van der Waals surface area (Å²) in [6, 6.07) is 16.5. The highest BCUT2D eigenvalue weighted by Gasteiger charge is 2.53. The minimum Gasteiger partial charge on any atom is -0.451 e. The SMILES string of the molecule is N#CC1(CC(=O)C2(NC(=O)c3cc4ccc(-c5ccc(C(=O)N6CCOCC6)cc5)cc4o3)CCC(F)(F)CC2)CC1. The van der Waals surface area contributed by atoms with Crippen LogP contribution in [0.2, 0.25) is 0 Å². The lowest BCUT2D eigenvalue weighted by molar-refractivity contribution is -0.131. The first kappa shape index (κ1) is 28.0. The molecule has 0 radical (unpaired) electrons. The Morgan fingerprint density at radius 3 is 2.21 bits per heavy atom. The van der Waals surface area contributed by atoms with Crippen molar-refractivity contribution in [2.24, 2.45) is 5.41 Å². The second kappa shape index (κ2) is 10.6. The van der Waals surface area contributed by atoms with Crippen molar-refractivity contribution in [3.63, 3.8) is 0 Å². The van der Waals surface area contributed by atoms with Crippen LogP contribution in [0.25, 0.3) is 22.1 Å². The van der Waals surface area contributed by atoms with Gasteiger partial charge in [-0.2, -0.15) is 5.26 Å². The number of carbonyl (C=O) groups is 3. The zero-order chi connectivity index (χ0) is 29.5. The average Bonchev–Trinajstić information content (AvgIpc) is 3.65. The number of morpholine rings is 1. The Hall–Kier alpha value is -4.10. The first-order chi connectivity index (χ1) is 20.1. The van der Waals surface area contributed by atoms with E-state index >= 15 is 0 Å². The van der Waals surface area contributed by atoms with E-state index in [1.165, 1.54) is 0 Å². The summed E-state index contributed by atoms with van der Waals surface area (Å²) in [6.45, 7) is 2.19. The Kier molecular flexibility index (Phi) is 7.09. The van der Waals surface area contributed by atoms with E-state index < -0.39 is 35.6 Å². The highest BCUT2D eigenvalue weighted by atomic mass is 19.3. The molecule has 8 nitrogen and oxygen atoms in total. The third kappa shape index (κ3) is 5.53. The van der Waals surface area contributed by atoms with Crippen LogP contribution in [-0.2, 0) is 9.53 Å². The van der Waals surface area contributed by atoms with Gasteiger partial charge in [0.15, 0.2) is 11.5 Å². The Morgan fingerprint density at radius 2 is 1.57 bits per heavy atom. The van der Waals surface area contributed by atoms with Gasteiger partial charge in [0.05, 0.1) is 30.2 Å². The summed E-state index contributed by atoms with van der Waals surface area (Å²) in [5.74, 6) is -4.00. The van der Waals surface area contributed by atoms with Crippen molar-refractivity contribution in [3.8, 4) is 17.2 Å². The molecule has 3 aromatic rings. The molecule has 0 bridgehead atoms. The number of nitriles is 1. The highest BCUT2D eigenvalue weighted by molar-refractivity contribution is 6.01. The van der Waals surface area contributed by atoms with E-state index in [4.69, 9.17) is 9.15 Å². The zero-order valence-corrected chi connectivity index (χ0v) is 23.1. The second-order valence-corrected chi connectivity index (χ2v) is 11.7. The fraction of sp³-hybridized carbons (Fsp3) is 0.438. The number of alkyl halides is 2. The maximum Gasteiger partial charge on any atom is 0.287 e. The lowest BCUT2D eigenvalue weighted by Gasteiger charge is -2.39. The molecule has 1 saturated heterocycles. The average molecular weight is 576 g/mol. The molecule has 3 fully saturated rings. The smallest absolute Gasteiger partial charge is 0.287 e. The molecule has 0 unspecified atom stereocenters. The van der Waals surface area contributed by atoms with Crippen LogP contribution in [0.1, 0.15) is 65.9 Å². The second-order valence-electron chi connectivity index (χ2n) is 11.7. The molecule has 3 aliphatic rings. The van der Waals surface area contributed by atoms with E-state index in [0.717, 1.165) is 11.1 Å². The summed E-state index contributed by atoms with van der Waals surface area (Å²) in [7, 11) is 0. The number of nitrogens with zero attached hydrogens (tertiary/aromatic N) is 2. The quantitative estimate of drug-likeness (QED) is 0.397. The van der Waals surface area contributed by atoms with Gasteiger partial charge in [-0.25, -0.2) is 8.78 Å². The van der Waals surface area contributed by atoms with E-state index in [9.17, 15) is 28.4 Å². The number of furan rings is 1. The molecule has 1 aliphatic heterocycles. The molecule has 42 heavy (non-hydrogen) atoms. The number of Topliss-reactive ketones (excluding diaryl/α,β-unsaturated/α-hetero) is 1. The number of ketones is 1. The van der Waals surface area contributed by atoms with Gasteiger partial charge >= 0.3 is 0 Å². The molecule has 2 saturated carbocycles. The number of fused-ring (bicyclic) bond motifs is 1. The predicted octanol–water partition coefficient (Wildman–Crippen LogP) is 5.51. The van der Waals surface area contributed by atoms with Crippen molar-refractivity contribution >= 4 is 28.6 Å². The van der Waals surface area contributed by atoms with Gasteiger partial charge in [-0.3, -0.25) is 14.4 Å². The van der Waals surface area contributed by atoms with Crippen LogP contribution in [0.3, 0.4) is 0 Å². The summed E-state index contributed by atoms with van der Waals surface area (Å²) < 4.78 is 39.3. The van der Waals surface area contributed by atoms with Gasteiger partial charge in [0.25, 0.3) is 11.8 Å². The Balaban J connectivity index is 1.19. The van der Waals surface area contributed by atoms with Crippen molar-refractivity contribution < 1.29 is 32.3 Å². The summed E-state index contributed by atoms with van der Waals surface area (Å²) in [5, 5.41) is 12.9. The van der Waals surface area contributed by atoms with Crippen molar-refractivity contribution in [2.45, 2.75) is 56.4 Å². The molecule has 2 aliphatic carbocycles. The number of rotatable bonds is 7. The van der Waals surface area contributed by atoms with Gasteiger partial charge < -0.3 is 19.4 Å². The molecule has 2 heterocycles. The third-order valence-electron chi connectivity index (χ3n) is 8.82. The first-order valence-corrected chi connectivity index (χ1v) is 14.3. The van der Waals surface area contributed by atoms with E-state index in [0.29, 0.717) is 55.7 Å². The van der Waals surface area contributed by atoms with Gasteiger partial charge in [-0.05, 0) is 61.1 Å². The molecule has 0 atom stereocenters. The number of benzene rings is 2. The van der Waals surface area contributed by atoms with Crippen molar-refractivity contribution in [2.75, 3.05) is 26.3 Å². The number of hydrogen-bond acceptors (Lipinski definition) is 6. The number of carbonyl (C=O) groups excluding carboxylic acids is 3. The van der Waals surface area contributed by atoms with Gasteiger partial charge in [0.2, 0.25) is 5.92 Å². The summed E-state index contributed by atoms with van der Waals surface area (Å²) in [5.41, 5.74) is 0.501. The largest absolute Gasteiger partial charge is 0.451 e. The minimum atomic E-state index is -2.90. The Morgan fingerprint density at radius 1 is 0.905 bits per heavy atom. The molecule has 218 valence electrons. The molecule has 1 N–H and O–H groups in total. The number of nitrogens with one attached hydrogen (secondary N) is 1. The summed E-state index contributed by atoms with van der Waals surface area (Å²) in [4.78, 5) is 41.2. The van der Waals surface area contributed by atoms with Crippen LogP contribution in [0, 0.1) is 16.7 Å². The van der Waals surface area contributed by atoms with Crippen molar-refractivity contribution in [1.29, 1.82) is 5.26 Å². The van der Waals surface area contributed by atoms with Gasteiger partial charge in [-0.1, -0.05) is 24.3 Å². The monoisotopic (exact) mass is 575 g/mol. The maximum absolute atomic E-state index is 14.0. The molecule has 1 aromatic heterocycles. The number of amides is 2. The fourth-order valence-electron chi connectivity index (χ4n) is 5.83. The zero-order valence-electron chi connectivity index (χ0n) is 23.1. The van der Waals surface area contributed by atoms with Crippen molar-refractivity contribution in [1.82, 2.24) is 10.2 Å². The van der Waals surface area contributed by atoms with E-state index in [1.54, 1.807) is 29.2 Å². The van der Waals surface area contributed by atoms with E-state index in [-0.39, 0.29) is 36.7 Å². The first-order valence-electron chi connectivity index (χ1n) is 14.3. The number of ether oxygens (including phenoxy) is 1. The maximum atomic E-state index is 14.0. The molecule has 2 aromatic carbocycles. The minimum absolute atomic E-state index is 0.0282. The van der Waals surface area contributed by atoms with Gasteiger partial charge in [-0.15, -0.1) is 0 Å². The molecule has 2 amide bonds. The molecular formula is C32H31F2N3O5. The lowest BCUT2D eigenvalue weighted by atomic mass is 9.74. The molecule has 10 heteroatoms. The summed E-state index contributed by atoms with van der Waals surface area (Å²) >= 11 is 0. The lowest BCUT2D eigenvalue weighted by Crippen LogP contribution is -2.58. The Labute approximate surface area is 241 Å². The standard InChI is InChI=1S/C32H31F2N3O5/c33-32(34)11-9-31(10-12-32,27(38)19-30(20-35)7-8-30)36-28(39)26-18-24-6-5-23(17-25(24)42-26)21-1-3-22(4-2-21)29(40)37-13-15-41-16-14-37/h1-6,17-18H,7-16,19H2,(H,36,39). The van der Waals surface area contributed by atoms with Crippen molar-refractivity contribution in [3.05, 3.63) is 59.9 Å². The predicted molar refractivity (Wildman–Crippen MR) is 149 cm³/mol. The van der Waals surface area contributed by atoms with Gasteiger partial charge in [0.1, 0.15) is 5.58 Å². The van der Waals surface area contributed by atoms with Crippen LogP contribution in [0.5, 0.6) is 0 Å². The fourth-order valence-corrected chi connectivity index (χ4v) is 5.83. The normalized spacial score (nSPS) is 20.5. The third-order valence-corrected chi connectivity index (χ3v) is 8.82. The van der Waals surface area contributed by atoms with Crippen LogP contribution in [0.15, 0.2) is 52.9 Å². The number of halogens is 2. The van der Waals surface area contributed by atoms with E-state index in [2.05, 4.69) is 11.4 Å². The Bertz CT molecular complexity index is 1570. The van der Waals surface area contributed by atoms with E-state index in [1.807, 2.05) is 24.3 Å². The topological polar surface area (TPSA) is 113 Å². The number of hydrogen-bond donors (Lipinski definition) is 1. The molecule has 0 spiro atoms. The van der Waals surface area contributed by atoms with Crippen LogP contribution in [0.4, 0.5) is 8.78 Å². The van der Waals surface area contributed by atoms with Crippen LogP contribution in [-0.4, -0.2) is 60.3 Å². The van der Waals surface area contributed by atoms with Crippen LogP contribution >= 0.6 is 0 Å².